The molecule has 0 saturated carbocycles. The monoisotopic (exact) mass is 591 g/mol. The number of halogens is 2. The molecule has 0 radical (unpaired) electrons. The van der Waals surface area contributed by atoms with E-state index in [2.05, 4.69) is 54.2 Å². The number of fused-ring (bicyclic) bond motifs is 1. The quantitative estimate of drug-likeness (QED) is 0.177. The van der Waals surface area contributed by atoms with Crippen molar-refractivity contribution in [1.82, 2.24) is 31.3 Å². The van der Waals surface area contributed by atoms with E-state index in [1.165, 1.54) is 6.20 Å². The van der Waals surface area contributed by atoms with Crippen molar-refractivity contribution in [1.29, 1.82) is 5.26 Å². The summed E-state index contributed by atoms with van der Waals surface area (Å²) in [5.41, 5.74) is 13.6. The zero-order chi connectivity index (χ0) is 27.6. The van der Waals surface area contributed by atoms with E-state index in [-0.39, 0.29) is 6.04 Å². The second kappa shape index (κ2) is 11.5. The number of anilines is 3. The Morgan fingerprint density at radius 2 is 1.95 bits per heavy atom. The highest BCUT2D eigenvalue weighted by molar-refractivity contribution is 7.09. The number of benzene rings is 2. The Labute approximate surface area is 246 Å². The second-order valence-corrected chi connectivity index (χ2v) is 11.5. The lowest BCUT2D eigenvalue weighted by molar-refractivity contribution is 0.162. The van der Waals surface area contributed by atoms with Crippen molar-refractivity contribution in [2.75, 3.05) is 23.7 Å². The smallest absolute Gasteiger partial charge is 0.105 e. The first-order valence-corrected chi connectivity index (χ1v) is 14.6. The Morgan fingerprint density at radius 1 is 1.12 bits per heavy atom. The maximum Gasteiger partial charge on any atom is 0.105 e. The first kappa shape index (κ1) is 26.6. The first-order chi connectivity index (χ1) is 19.5. The summed E-state index contributed by atoms with van der Waals surface area (Å²) in [7, 11) is 0. The van der Waals surface area contributed by atoms with Crippen molar-refractivity contribution in [3.63, 3.8) is 0 Å². The maximum absolute atomic E-state index is 9.90. The minimum atomic E-state index is -0.209. The Morgan fingerprint density at radius 3 is 2.70 bits per heavy atom. The molecule has 12 heteroatoms. The molecule has 2 aliphatic rings. The molecular weight excluding hydrogens is 565 g/mol. The SMILES string of the molecule is Cc1ccc(Nc2c(C#N)cnc3c(Cl)cc(N[C@H](C4=CN(C5CCNCC5)NN4)c4cncs4)cc23)cc1Cl. The molecule has 0 bridgehead atoms. The van der Waals surface area contributed by atoms with E-state index in [4.69, 9.17) is 23.2 Å². The minimum absolute atomic E-state index is 0.209. The van der Waals surface area contributed by atoms with Gasteiger partial charge >= 0.3 is 0 Å². The number of piperidine rings is 1. The number of nitrogens with zero attached hydrogens (tertiary/aromatic N) is 4. The fourth-order valence-corrected chi connectivity index (χ4v) is 6.12. The van der Waals surface area contributed by atoms with Crippen LogP contribution in [-0.2, 0) is 0 Å². The number of hydrogen-bond acceptors (Lipinski definition) is 10. The van der Waals surface area contributed by atoms with Crippen LogP contribution in [0.1, 0.15) is 34.9 Å². The normalized spacial score (nSPS) is 16.4. The van der Waals surface area contributed by atoms with Gasteiger partial charge in [-0.25, -0.2) is 0 Å². The molecule has 9 nitrogen and oxygen atoms in total. The van der Waals surface area contributed by atoms with Crippen molar-refractivity contribution in [3.8, 4) is 6.07 Å². The number of hydrogen-bond donors (Lipinski definition) is 5. The van der Waals surface area contributed by atoms with Gasteiger partial charge in [-0.1, -0.05) is 29.3 Å². The molecule has 1 fully saturated rings. The van der Waals surface area contributed by atoms with E-state index in [1.54, 1.807) is 11.3 Å². The number of nitriles is 1. The summed E-state index contributed by atoms with van der Waals surface area (Å²) < 4.78 is 0. The molecule has 0 unspecified atom stereocenters. The number of nitrogens with one attached hydrogen (secondary N) is 5. The number of thiazole rings is 1. The second-order valence-electron chi connectivity index (χ2n) is 9.79. The topological polar surface area (TPSA) is 113 Å². The lowest BCUT2D eigenvalue weighted by Gasteiger charge is -2.30. The maximum atomic E-state index is 9.90. The zero-order valence-electron chi connectivity index (χ0n) is 21.6. The third-order valence-corrected chi connectivity index (χ3v) is 8.69. The van der Waals surface area contributed by atoms with E-state index < -0.39 is 0 Å². The summed E-state index contributed by atoms with van der Waals surface area (Å²) in [6.07, 6.45) is 7.65. The average Bonchev–Trinajstić information content (AvgIpc) is 3.68. The molecule has 204 valence electrons. The molecule has 6 rings (SSSR count). The first-order valence-electron chi connectivity index (χ1n) is 12.9. The van der Waals surface area contributed by atoms with Gasteiger partial charge in [0.1, 0.15) is 12.1 Å². The van der Waals surface area contributed by atoms with Crippen LogP contribution in [0.3, 0.4) is 0 Å². The van der Waals surface area contributed by atoms with Gasteiger partial charge < -0.3 is 21.4 Å². The van der Waals surface area contributed by atoms with Crippen LogP contribution >= 0.6 is 34.5 Å². The Balaban J connectivity index is 1.37. The lowest BCUT2D eigenvalue weighted by atomic mass is 10.1. The van der Waals surface area contributed by atoms with Crippen molar-refractivity contribution >= 4 is 62.5 Å². The largest absolute Gasteiger partial charge is 0.372 e. The van der Waals surface area contributed by atoms with Gasteiger partial charge in [0.05, 0.1) is 37.9 Å². The zero-order valence-corrected chi connectivity index (χ0v) is 24.0. The standard InChI is InChI=1S/C28H27Cl2N9S/c1-16-2-3-18(9-22(16)29)35-26-17(11-31)12-34-27-21(26)8-19(10-23(27)30)36-28(25-13-33-15-40-25)24-14-39(38-37-24)20-4-6-32-7-5-20/h2-3,8-10,12-15,20,28,32,36-38H,4-7H2,1H3,(H,34,35)/t28-/m1/s1. The van der Waals surface area contributed by atoms with E-state index in [9.17, 15) is 5.26 Å². The van der Waals surface area contributed by atoms with Gasteiger partial charge in [-0.2, -0.15) is 5.26 Å². The van der Waals surface area contributed by atoms with Crippen molar-refractivity contribution in [2.24, 2.45) is 0 Å². The number of rotatable bonds is 7. The van der Waals surface area contributed by atoms with Gasteiger partial charge in [0.2, 0.25) is 0 Å². The molecule has 0 aliphatic carbocycles. The summed E-state index contributed by atoms with van der Waals surface area (Å²) in [5, 5.41) is 24.3. The van der Waals surface area contributed by atoms with Gasteiger partial charge in [-0.3, -0.25) is 15.0 Å². The Bertz CT molecular complexity index is 1610. The molecule has 2 aromatic heterocycles. The highest BCUT2D eigenvalue weighted by Gasteiger charge is 2.28. The van der Waals surface area contributed by atoms with Crippen LogP contribution in [0.4, 0.5) is 17.1 Å². The van der Waals surface area contributed by atoms with Crippen molar-refractivity contribution < 1.29 is 0 Å². The van der Waals surface area contributed by atoms with Crippen LogP contribution in [0.2, 0.25) is 10.0 Å². The number of hydrazine groups is 2. The lowest BCUT2D eigenvalue weighted by Crippen LogP contribution is -2.47. The van der Waals surface area contributed by atoms with E-state index >= 15 is 0 Å². The van der Waals surface area contributed by atoms with Gasteiger partial charge in [0.25, 0.3) is 0 Å². The third kappa shape index (κ3) is 5.39. The van der Waals surface area contributed by atoms with Crippen molar-refractivity contribution in [2.45, 2.75) is 31.8 Å². The summed E-state index contributed by atoms with van der Waals surface area (Å²) in [6.45, 7) is 3.95. The molecular formula is C28H27Cl2N9S. The van der Waals surface area contributed by atoms with Crippen LogP contribution in [0.15, 0.2) is 60.1 Å². The van der Waals surface area contributed by atoms with E-state index in [1.807, 2.05) is 49.0 Å². The molecule has 5 N–H and O–H groups in total. The molecule has 2 aromatic carbocycles. The highest BCUT2D eigenvalue weighted by atomic mass is 35.5. The van der Waals surface area contributed by atoms with Gasteiger partial charge in [0, 0.05) is 46.4 Å². The molecule has 0 spiro atoms. The molecule has 0 amide bonds. The number of pyridine rings is 1. The van der Waals surface area contributed by atoms with Crippen molar-refractivity contribution in [3.05, 3.63) is 86.2 Å². The number of aromatic nitrogens is 2. The van der Waals surface area contributed by atoms with Crippen LogP contribution in [0.25, 0.3) is 10.9 Å². The molecule has 4 aromatic rings. The predicted octanol–water partition coefficient (Wildman–Crippen LogP) is 5.99. The fourth-order valence-electron chi connectivity index (χ4n) is 4.99. The fraction of sp³-hybridized carbons (Fsp3) is 0.250. The van der Waals surface area contributed by atoms with Gasteiger partial charge in [0.15, 0.2) is 0 Å². The third-order valence-electron chi connectivity index (χ3n) is 7.15. The van der Waals surface area contributed by atoms with Crippen LogP contribution in [-0.4, -0.2) is 34.1 Å². The molecule has 40 heavy (non-hydrogen) atoms. The van der Waals surface area contributed by atoms with Gasteiger partial charge in [-0.05, 0) is 62.7 Å². The van der Waals surface area contributed by atoms with Crippen LogP contribution in [0, 0.1) is 18.3 Å². The summed E-state index contributed by atoms with van der Waals surface area (Å²) in [4.78, 5) is 9.85. The Kier molecular flexibility index (Phi) is 7.65. The molecule has 1 atom stereocenters. The highest BCUT2D eigenvalue weighted by Crippen LogP contribution is 2.38. The minimum Gasteiger partial charge on any atom is -0.372 e. The van der Waals surface area contributed by atoms with E-state index in [0.717, 1.165) is 58.8 Å². The Hall–Kier alpha value is -3.59. The van der Waals surface area contributed by atoms with Gasteiger partial charge in [-0.15, -0.1) is 16.9 Å². The molecule has 4 heterocycles. The summed E-state index contributed by atoms with van der Waals surface area (Å²) in [5.74, 6) is 0. The number of aryl methyl sites for hydroxylation is 1. The van der Waals surface area contributed by atoms with Crippen LogP contribution in [0.5, 0.6) is 0 Å². The van der Waals surface area contributed by atoms with E-state index in [0.29, 0.717) is 32.9 Å². The average molecular weight is 593 g/mol. The molecule has 1 saturated heterocycles. The summed E-state index contributed by atoms with van der Waals surface area (Å²) >= 11 is 14.7. The molecule has 2 aliphatic heterocycles. The predicted molar refractivity (Wildman–Crippen MR) is 162 cm³/mol. The van der Waals surface area contributed by atoms with Crippen LogP contribution < -0.4 is 26.9 Å². The summed E-state index contributed by atoms with van der Waals surface area (Å²) in [6, 6.07) is 12.0.